The zero-order chi connectivity index (χ0) is 9.26. The molecule has 1 aliphatic rings. The average Bonchev–Trinajstić information content (AvgIpc) is 2.17. The number of ether oxygens (including phenoxy) is 1. The van der Waals surface area contributed by atoms with Gasteiger partial charge in [0.05, 0.1) is 11.6 Å². The Balaban J connectivity index is 2.50. The van der Waals surface area contributed by atoms with Crippen molar-refractivity contribution in [2.24, 2.45) is 0 Å². The van der Waals surface area contributed by atoms with E-state index in [1.54, 1.807) is 0 Å². The summed E-state index contributed by atoms with van der Waals surface area (Å²) in [5.74, 6) is 0.874. The van der Waals surface area contributed by atoms with Gasteiger partial charge in [0, 0.05) is 5.56 Å². The lowest BCUT2D eigenvalue weighted by atomic mass is 10.1. The number of nitrogens with zero attached hydrogens (tertiary/aromatic N) is 1. The maximum atomic E-state index is 8.67. The fourth-order valence-electron chi connectivity index (χ4n) is 1.34. The molecule has 0 radical (unpaired) electrons. The van der Waals surface area contributed by atoms with E-state index >= 15 is 0 Å². The van der Waals surface area contributed by atoms with Crippen molar-refractivity contribution < 1.29 is 4.74 Å². The van der Waals surface area contributed by atoms with E-state index in [1.807, 2.05) is 31.2 Å². The van der Waals surface area contributed by atoms with Gasteiger partial charge in [-0.15, -0.1) is 0 Å². The van der Waals surface area contributed by atoms with Gasteiger partial charge >= 0.3 is 0 Å². The van der Waals surface area contributed by atoms with Crippen LogP contribution in [-0.2, 0) is 0 Å². The number of benzene rings is 1. The number of fused-ring (bicyclic) bond motifs is 1. The van der Waals surface area contributed by atoms with E-state index in [9.17, 15) is 0 Å². The first-order chi connectivity index (χ1) is 6.29. The van der Waals surface area contributed by atoms with Crippen LogP contribution in [0.5, 0.6) is 5.75 Å². The summed E-state index contributed by atoms with van der Waals surface area (Å²) < 4.78 is 5.42. The molecule has 0 N–H and O–H groups in total. The largest absolute Gasteiger partial charge is 0.488 e. The smallest absolute Gasteiger partial charge is 0.127 e. The molecular weight excluding hydrogens is 162 g/mol. The van der Waals surface area contributed by atoms with Crippen LogP contribution in [0.3, 0.4) is 0 Å². The molecule has 1 aliphatic heterocycles. The number of hydrogen-bond acceptors (Lipinski definition) is 2. The Bertz CT molecular complexity index is 413. The molecule has 0 aliphatic carbocycles. The maximum absolute atomic E-state index is 8.67. The van der Waals surface area contributed by atoms with Gasteiger partial charge in [0.25, 0.3) is 0 Å². The van der Waals surface area contributed by atoms with Crippen LogP contribution in [-0.4, -0.2) is 6.61 Å². The standard InChI is InChI=1S/C11H9NO/c1-8-2-3-10-5-9(6-12)7-13-11(10)4-8/h2-5H,7H2,1H3. The quantitative estimate of drug-likeness (QED) is 0.600. The minimum absolute atomic E-state index is 0.396. The Morgan fingerprint density at radius 2 is 2.31 bits per heavy atom. The summed E-state index contributed by atoms with van der Waals surface area (Å²) in [7, 11) is 0. The van der Waals surface area contributed by atoms with Crippen LogP contribution in [0.25, 0.3) is 6.08 Å². The van der Waals surface area contributed by atoms with Gasteiger partial charge in [-0.3, -0.25) is 0 Å². The minimum Gasteiger partial charge on any atom is -0.488 e. The molecule has 0 aromatic heterocycles. The second kappa shape index (κ2) is 2.95. The summed E-state index contributed by atoms with van der Waals surface area (Å²) >= 11 is 0. The Labute approximate surface area is 77.1 Å². The van der Waals surface area contributed by atoms with E-state index in [1.165, 1.54) is 5.56 Å². The van der Waals surface area contributed by atoms with Gasteiger partial charge < -0.3 is 4.74 Å². The molecule has 0 bridgehead atoms. The zero-order valence-corrected chi connectivity index (χ0v) is 7.37. The highest BCUT2D eigenvalue weighted by atomic mass is 16.5. The van der Waals surface area contributed by atoms with E-state index in [0.29, 0.717) is 12.2 Å². The number of aryl methyl sites for hydroxylation is 1. The molecule has 0 fully saturated rings. The van der Waals surface area contributed by atoms with Crippen molar-refractivity contribution >= 4 is 6.08 Å². The lowest BCUT2D eigenvalue weighted by Gasteiger charge is -2.14. The van der Waals surface area contributed by atoms with Gasteiger partial charge in [0.2, 0.25) is 0 Å². The molecule has 13 heavy (non-hydrogen) atoms. The Morgan fingerprint density at radius 3 is 3.08 bits per heavy atom. The van der Waals surface area contributed by atoms with Crippen LogP contribution in [0.15, 0.2) is 23.8 Å². The third-order valence-electron chi connectivity index (χ3n) is 2.03. The maximum Gasteiger partial charge on any atom is 0.127 e. The molecule has 1 aromatic rings. The molecule has 2 nitrogen and oxygen atoms in total. The third kappa shape index (κ3) is 1.41. The number of hydrogen-bond donors (Lipinski definition) is 0. The number of nitriles is 1. The van der Waals surface area contributed by atoms with Gasteiger partial charge in [-0.05, 0) is 24.6 Å². The Morgan fingerprint density at radius 1 is 1.46 bits per heavy atom. The van der Waals surface area contributed by atoms with Crippen molar-refractivity contribution in [1.29, 1.82) is 5.26 Å². The van der Waals surface area contributed by atoms with Crippen molar-refractivity contribution in [1.82, 2.24) is 0 Å². The molecule has 0 saturated heterocycles. The van der Waals surface area contributed by atoms with E-state index in [0.717, 1.165) is 11.3 Å². The van der Waals surface area contributed by atoms with Crippen LogP contribution in [0.2, 0.25) is 0 Å². The van der Waals surface area contributed by atoms with Crippen LogP contribution in [0.4, 0.5) is 0 Å². The molecule has 1 heterocycles. The predicted octanol–water partition coefficient (Wildman–Crippen LogP) is 2.29. The first-order valence-electron chi connectivity index (χ1n) is 4.14. The topological polar surface area (TPSA) is 33.0 Å². The fourth-order valence-corrected chi connectivity index (χ4v) is 1.34. The predicted molar refractivity (Wildman–Crippen MR) is 50.3 cm³/mol. The first-order valence-corrected chi connectivity index (χ1v) is 4.14. The zero-order valence-electron chi connectivity index (χ0n) is 7.37. The molecule has 64 valence electrons. The molecule has 1 aromatic carbocycles. The average molecular weight is 171 g/mol. The summed E-state index contributed by atoms with van der Waals surface area (Å²) in [5, 5.41) is 8.67. The summed E-state index contributed by atoms with van der Waals surface area (Å²) in [4.78, 5) is 0. The first kappa shape index (κ1) is 7.88. The second-order valence-corrected chi connectivity index (χ2v) is 3.11. The molecule has 2 heteroatoms. The second-order valence-electron chi connectivity index (χ2n) is 3.11. The van der Waals surface area contributed by atoms with E-state index in [4.69, 9.17) is 10.00 Å². The van der Waals surface area contributed by atoms with Gasteiger partial charge in [-0.25, -0.2) is 0 Å². The lowest BCUT2D eigenvalue weighted by Crippen LogP contribution is -2.05. The molecule has 0 amide bonds. The van der Waals surface area contributed by atoms with E-state index < -0.39 is 0 Å². The van der Waals surface area contributed by atoms with Crippen molar-refractivity contribution in [3.8, 4) is 11.8 Å². The van der Waals surface area contributed by atoms with Gasteiger partial charge in [0.1, 0.15) is 12.4 Å². The van der Waals surface area contributed by atoms with Crippen LogP contribution in [0, 0.1) is 18.3 Å². The minimum atomic E-state index is 0.396. The Kier molecular flexibility index (Phi) is 1.79. The van der Waals surface area contributed by atoms with Gasteiger partial charge in [0.15, 0.2) is 0 Å². The number of rotatable bonds is 0. The Hall–Kier alpha value is -1.75. The summed E-state index contributed by atoms with van der Waals surface area (Å²) in [5.41, 5.74) is 2.84. The van der Waals surface area contributed by atoms with Crippen molar-refractivity contribution in [2.75, 3.05) is 6.61 Å². The fraction of sp³-hybridized carbons (Fsp3) is 0.182. The molecule has 0 spiro atoms. The monoisotopic (exact) mass is 171 g/mol. The van der Waals surface area contributed by atoms with Crippen LogP contribution < -0.4 is 4.74 Å². The molecule has 2 rings (SSSR count). The van der Waals surface area contributed by atoms with Crippen molar-refractivity contribution in [2.45, 2.75) is 6.92 Å². The van der Waals surface area contributed by atoms with E-state index in [2.05, 4.69) is 6.07 Å². The molecule has 0 unspecified atom stereocenters. The van der Waals surface area contributed by atoms with Crippen molar-refractivity contribution in [3.05, 3.63) is 34.9 Å². The molecule has 0 atom stereocenters. The third-order valence-corrected chi connectivity index (χ3v) is 2.03. The summed E-state index contributed by atoms with van der Waals surface area (Å²) in [6, 6.07) is 8.07. The van der Waals surface area contributed by atoms with Gasteiger partial charge in [-0.2, -0.15) is 5.26 Å². The van der Waals surface area contributed by atoms with Crippen molar-refractivity contribution in [3.63, 3.8) is 0 Å². The normalized spacial score (nSPS) is 13.7. The lowest BCUT2D eigenvalue weighted by molar-refractivity contribution is 0.351. The highest BCUT2D eigenvalue weighted by Crippen LogP contribution is 2.26. The SMILES string of the molecule is Cc1ccc2c(c1)OCC(C#N)=C2. The highest BCUT2D eigenvalue weighted by molar-refractivity contribution is 5.65. The van der Waals surface area contributed by atoms with Gasteiger partial charge in [-0.1, -0.05) is 12.1 Å². The molecular formula is C11H9NO. The van der Waals surface area contributed by atoms with Crippen LogP contribution >= 0.6 is 0 Å². The highest BCUT2D eigenvalue weighted by Gasteiger charge is 2.10. The summed E-state index contributed by atoms with van der Waals surface area (Å²) in [6.07, 6.45) is 1.87. The van der Waals surface area contributed by atoms with Crippen LogP contribution in [0.1, 0.15) is 11.1 Å². The molecule has 0 saturated carbocycles. The van der Waals surface area contributed by atoms with E-state index in [-0.39, 0.29) is 0 Å². The summed E-state index contributed by atoms with van der Waals surface area (Å²) in [6.45, 7) is 2.42.